The van der Waals surface area contributed by atoms with Gasteiger partial charge in [-0.25, -0.2) is 13.9 Å². The number of rotatable bonds is 10. The molecule has 0 aliphatic heterocycles. The number of carbonyl (C=O) groups is 2. The van der Waals surface area contributed by atoms with E-state index in [2.05, 4.69) is 15.6 Å². The molecule has 2 aromatic carbocycles. The summed E-state index contributed by atoms with van der Waals surface area (Å²) in [7, 11) is 0. The van der Waals surface area contributed by atoms with Gasteiger partial charge in [-0.3, -0.25) is 4.79 Å². The topological polar surface area (TPSA) is 106 Å². The second-order valence-electron chi connectivity index (χ2n) is 7.28. The maximum atomic E-state index is 13.1. The Morgan fingerprint density at radius 3 is 2.47 bits per heavy atom. The minimum Gasteiger partial charge on any atom is -0.492 e. The second kappa shape index (κ2) is 10.5. The van der Waals surface area contributed by atoms with Gasteiger partial charge in [0.15, 0.2) is 0 Å². The number of carboxylic acids is 1. The van der Waals surface area contributed by atoms with Crippen molar-refractivity contribution >= 4 is 11.9 Å². The molecule has 1 aromatic heterocycles. The number of nitrogens with zero attached hydrogens (tertiary/aromatic N) is 3. The van der Waals surface area contributed by atoms with Crippen molar-refractivity contribution in [1.29, 1.82) is 0 Å². The van der Waals surface area contributed by atoms with Crippen molar-refractivity contribution in [3.05, 3.63) is 76.9 Å². The highest BCUT2D eigenvalue weighted by Crippen LogP contribution is 2.16. The Kier molecular flexibility index (Phi) is 7.54. The van der Waals surface area contributed by atoms with Crippen LogP contribution in [-0.4, -0.2) is 38.6 Å². The van der Waals surface area contributed by atoms with Crippen LogP contribution < -0.4 is 10.1 Å². The zero-order valence-electron chi connectivity index (χ0n) is 17.9. The first-order valence-corrected chi connectivity index (χ1v) is 10.3. The number of aromatic nitrogens is 3. The van der Waals surface area contributed by atoms with Gasteiger partial charge in [0, 0.05) is 0 Å². The highest BCUT2D eigenvalue weighted by molar-refractivity contribution is 5.94. The normalized spacial score (nSPS) is 11.7. The van der Waals surface area contributed by atoms with Gasteiger partial charge in [0.05, 0.1) is 23.8 Å². The van der Waals surface area contributed by atoms with Crippen LogP contribution >= 0.6 is 0 Å². The molecule has 0 fully saturated rings. The molecule has 0 saturated heterocycles. The van der Waals surface area contributed by atoms with Crippen molar-refractivity contribution in [1.82, 2.24) is 20.3 Å². The lowest BCUT2D eigenvalue weighted by Gasteiger charge is -2.16. The van der Waals surface area contributed by atoms with E-state index in [0.29, 0.717) is 30.1 Å². The second-order valence-corrected chi connectivity index (χ2v) is 7.28. The molecule has 168 valence electrons. The number of carboxylic acid groups (broad SMARTS) is 1. The third-order valence-electron chi connectivity index (χ3n) is 4.90. The van der Waals surface area contributed by atoms with E-state index in [9.17, 15) is 14.0 Å². The van der Waals surface area contributed by atoms with Crippen molar-refractivity contribution in [2.45, 2.75) is 39.3 Å². The van der Waals surface area contributed by atoms with E-state index in [1.807, 2.05) is 13.8 Å². The largest absolute Gasteiger partial charge is 0.492 e. The molecule has 1 atom stereocenters. The summed E-state index contributed by atoms with van der Waals surface area (Å²) in [6.07, 6.45) is 1.40. The first kappa shape index (κ1) is 22.9. The first-order valence-electron chi connectivity index (χ1n) is 10.3. The number of hydrogen-bond acceptors (Lipinski definition) is 5. The standard InChI is InChI=1S/C23H25FN4O4/c1-3-4-20-21(22(29)25-15(2)16-5-7-17(8-6-16)23(30)31)28(27-26-20)13-14-32-19-11-9-18(24)10-12-19/h5-12,15H,3-4,13-14H2,1-2H3,(H,25,29)(H,30,31). The SMILES string of the molecule is CCCc1nnn(CCOc2ccc(F)cc2)c1C(=O)NC(C)c1ccc(C(=O)O)cc1. The molecule has 0 radical (unpaired) electrons. The molecule has 0 saturated carbocycles. The van der Waals surface area contributed by atoms with E-state index in [0.717, 1.165) is 12.0 Å². The average molecular weight is 440 g/mol. The predicted molar refractivity (Wildman–Crippen MR) is 115 cm³/mol. The van der Waals surface area contributed by atoms with Crippen LogP contribution in [-0.2, 0) is 13.0 Å². The number of carbonyl (C=O) groups excluding carboxylic acids is 1. The molecule has 1 amide bonds. The van der Waals surface area contributed by atoms with Crippen molar-refractivity contribution in [3.63, 3.8) is 0 Å². The first-order chi connectivity index (χ1) is 15.4. The zero-order valence-corrected chi connectivity index (χ0v) is 17.9. The molecular formula is C23H25FN4O4. The lowest BCUT2D eigenvalue weighted by atomic mass is 10.1. The monoisotopic (exact) mass is 440 g/mol. The Balaban J connectivity index is 1.69. The lowest BCUT2D eigenvalue weighted by Crippen LogP contribution is -2.30. The Morgan fingerprint density at radius 1 is 1.16 bits per heavy atom. The van der Waals surface area contributed by atoms with Gasteiger partial charge < -0.3 is 15.2 Å². The maximum absolute atomic E-state index is 13.1. The quantitative estimate of drug-likeness (QED) is 0.499. The van der Waals surface area contributed by atoms with E-state index >= 15 is 0 Å². The summed E-state index contributed by atoms with van der Waals surface area (Å²) in [6.45, 7) is 4.33. The number of aromatic carboxylic acids is 1. The lowest BCUT2D eigenvalue weighted by molar-refractivity contribution is 0.0696. The van der Waals surface area contributed by atoms with Gasteiger partial charge in [0.25, 0.3) is 5.91 Å². The van der Waals surface area contributed by atoms with Gasteiger partial charge in [0.2, 0.25) is 0 Å². The molecule has 9 heteroatoms. The number of hydrogen-bond donors (Lipinski definition) is 2. The molecule has 1 unspecified atom stereocenters. The predicted octanol–water partition coefficient (Wildman–Crippen LogP) is 3.64. The van der Waals surface area contributed by atoms with Gasteiger partial charge in [-0.2, -0.15) is 0 Å². The van der Waals surface area contributed by atoms with Crippen LogP contribution in [0.25, 0.3) is 0 Å². The van der Waals surface area contributed by atoms with Crippen LogP contribution in [0, 0.1) is 5.82 Å². The van der Waals surface area contributed by atoms with Crippen LogP contribution in [0.2, 0.25) is 0 Å². The van der Waals surface area contributed by atoms with Gasteiger partial charge in [-0.15, -0.1) is 5.10 Å². The number of amides is 1. The molecule has 0 aliphatic carbocycles. The third-order valence-corrected chi connectivity index (χ3v) is 4.90. The molecule has 32 heavy (non-hydrogen) atoms. The van der Waals surface area contributed by atoms with Crippen LogP contribution in [0.4, 0.5) is 4.39 Å². The summed E-state index contributed by atoms with van der Waals surface area (Å²) in [6, 6.07) is 11.7. The van der Waals surface area contributed by atoms with E-state index in [-0.39, 0.29) is 29.9 Å². The van der Waals surface area contributed by atoms with E-state index in [1.54, 1.807) is 12.1 Å². The Morgan fingerprint density at radius 2 is 1.84 bits per heavy atom. The summed E-state index contributed by atoms with van der Waals surface area (Å²) >= 11 is 0. The fourth-order valence-electron chi connectivity index (χ4n) is 3.20. The molecule has 1 heterocycles. The molecule has 0 spiro atoms. The summed E-state index contributed by atoms with van der Waals surface area (Å²) in [5.74, 6) is -1.15. The van der Waals surface area contributed by atoms with Crippen molar-refractivity contribution < 1.29 is 23.8 Å². The molecule has 0 bridgehead atoms. The van der Waals surface area contributed by atoms with Gasteiger partial charge in [-0.05, 0) is 55.3 Å². The number of aryl methyl sites for hydroxylation is 1. The van der Waals surface area contributed by atoms with Crippen LogP contribution in [0.5, 0.6) is 5.75 Å². The fourth-order valence-corrected chi connectivity index (χ4v) is 3.20. The number of ether oxygens (including phenoxy) is 1. The molecule has 3 rings (SSSR count). The number of nitrogens with one attached hydrogen (secondary N) is 1. The smallest absolute Gasteiger partial charge is 0.335 e. The summed E-state index contributed by atoms with van der Waals surface area (Å²) in [5, 5.41) is 20.2. The van der Waals surface area contributed by atoms with Crippen LogP contribution in [0.1, 0.15) is 58.4 Å². The average Bonchev–Trinajstić information content (AvgIpc) is 3.18. The Bertz CT molecular complexity index is 1060. The number of benzene rings is 2. The molecule has 8 nitrogen and oxygen atoms in total. The van der Waals surface area contributed by atoms with Crippen LogP contribution in [0.3, 0.4) is 0 Å². The van der Waals surface area contributed by atoms with E-state index in [4.69, 9.17) is 9.84 Å². The van der Waals surface area contributed by atoms with Gasteiger partial charge in [-0.1, -0.05) is 30.7 Å². The number of halogens is 1. The zero-order chi connectivity index (χ0) is 23.1. The van der Waals surface area contributed by atoms with Crippen molar-refractivity contribution in [2.24, 2.45) is 0 Å². The Hall–Kier alpha value is -3.75. The molecule has 3 aromatic rings. The summed E-state index contributed by atoms with van der Waals surface area (Å²) in [4.78, 5) is 24.1. The van der Waals surface area contributed by atoms with E-state index < -0.39 is 5.97 Å². The molecular weight excluding hydrogens is 415 g/mol. The minimum absolute atomic E-state index is 0.181. The third kappa shape index (κ3) is 5.69. The van der Waals surface area contributed by atoms with Crippen LogP contribution in [0.15, 0.2) is 48.5 Å². The van der Waals surface area contributed by atoms with Crippen molar-refractivity contribution in [2.75, 3.05) is 6.61 Å². The van der Waals surface area contributed by atoms with Crippen molar-refractivity contribution in [3.8, 4) is 5.75 Å². The maximum Gasteiger partial charge on any atom is 0.335 e. The Labute approximate surface area is 185 Å². The van der Waals surface area contributed by atoms with Gasteiger partial charge in [0.1, 0.15) is 23.9 Å². The molecule has 0 aliphatic rings. The minimum atomic E-state index is -1.00. The summed E-state index contributed by atoms with van der Waals surface area (Å²) < 4.78 is 20.1. The highest BCUT2D eigenvalue weighted by Gasteiger charge is 2.22. The summed E-state index contributed by atoms with van der Waals surface area (Å²) in [5.41, 5.74) is 1.92. The fraction of sp³-hybridized carbons (Fsp3) is 0.304. The van der Waals surface area contributed by atoms with E-state index in [1.165, 1.54) is 41.1 Å². The highest BCUT2D eigenvalue weighted by atomic mass is 19.1. The molecule has 2 N–H and O–H groups in total. The van der Waals surface area contributed by atoms with Gasteiger partial charge >= 0.3 is 5.97 Å².